The number of aromatic nitrogens is 1. The Bertz CT molecular complexity index is 637. The summed E-state index contributed by atoms with van der Waals surface area (Å²) < 4.78 is 0. The van der Waals surface area contributed by atoms with Crippen LogP contribution in [0.5, 0.6) is 0 Å². The van der Waals surface area contributed by atoms with Crippen molar-refractivity contribution in [1.82, 2.24) is 9.88 Å². The Hall–Kier alpha value is -2.30. The van der Waals surface area contributed by atoms with Crippen LogP contribution < -0.4 is 11.1 Å². The van der Waals surface area contributed by atoms with Crippen molar-refractivity contribution in [3.63, 3.8) is 0 Å². The standard InChI is InChI=1S/C15H20N4O/c1-10-8-14(17-7-6-15(20)19(2)3)12-9-11(16)4-5-13(12)18-10/h4-5,8-9H,6-7,16H2,1-3H3,(H,17,18). The molecule has 3 N–H and O–H groups in total. The van der Waals surface area contributed by atoms with Gasteiger partial charge in [-0.05, 0) is 31.2 Å². The smallest absolute Gasteiger partial charge is 0.223 e. The molecule has 1 heterocycles. The maximum atomic E-state index is 11.6. The van der Waals surface area contributed by atoms with E-state index in [1.807, 2.05) is 31.2 Å². The number of nitrogens with zero attached hydrogens (tertiary/aromatic N) is 2. The number of rotatable bonds is 4. The molecule has 0 saturated heterocycles. The van der Waals surface area contributed by atoms with Gasteiger partial charge < -0.3 is 16.0 Å². The molecule has 0 radical (unpaired) electrons. The molecule has 5 nitrogen and oxygen atoms in total. The molecule has 1 aromatic heterocycles. The lowest BCUT2D eigenvalue weighted by Gasteiger charge is -2.13. The molecule has 0 aliphatic heterocycles. The third kappa shape index (κ3) is 3.17. The van der Waals surface area contributed by atoms with Crippen molar-refractivity contribution in [2.24, 2.45) is 0 Å². The highest BCUT2D eigenvalue weighted by Crippen LogP contribution is 2.25. The zero-order valence-corrected chi connectivity index (χ0v) is 12.1. The quantitative estimate of drug-likeness (QED) is 0.835. The summed E-state index contributed by atoms with van der Waals surface area (Å²) in [6.45, 7) is 2.54. The van der Waals surface area contributed by atoms with Crippen molar-refractivity contribution < 1.29 is 4.79 Å². The molecule has 0 aliphatic carbocycles. The van der Waals surface area contributed by atoms with Crippen molar-refractivity contribution in [1.29, 1.82) is 0 Å². The van der Waals surface area contributed by atoms with E-state index in [2.05, 4.69) is 10.3 Å². The molecule has 0 aliphatic rings. The molecular weight excluding hydrogens is 252 g/mol. The maximum Gasteiger partial charge on any atom is 0.223 e. The fraction of sp³-hybridized carbons (Fsp3) is 0.333. The summed E-state index contributed by atoms with van der Waals surface area (Å²) >= 11 is 0. The SMILES string of the molecule is Cc1cc(NCCC(=O)N(C)C)c2cc(N)ccc2n1. The average Bonchev–Trinajstić information content (AvgIpc) is 2.39. The number of benzene rings is 1. The number of fused-ring (bicyclic) bond motifs is 1. The lowest BCUT2D eigenvalue weighted by Crippen LogP contribution is -2.23. The van der Waals surface area contributed by atoms with Gasteiger partial charge in [-0.25, -0.2) is 0 Å². The van der Waals surface area contributed by atoms with E-state index >= 15 is 0 Å². The molecule has 1 amide bonds. The van der Waals surface area contributed by atoms with Crippen LogP contribution in [0.4, 0.5) is 11.4 Å². The van der Waals surface area contributed by atoms with Gasteiger partial charge in [-0.1, -0.05) is 0 Å². The Morgan fingerprint density at radius 1 is 1.35 bits per heavy atom. The number of nitrogens with one attached hydrogen (secondary N) is 1. The molecule has 0 spiro atoms. The summed E-state index contributed by atoms with van der Waals surface area (Å²) in [6.07, 6.45) is 0.457. The Labute approximate surface area is 118 Å². The number of carbonyl (C=O) groups is 1. The predicted octanol–water partition coefficient (Wildman–Crippen LogP) is 2.02. The van der Waals surface area contributed by atoms with E-state index in [0.29, 0.717) is 18.7 Å². The molecule has 0 fully saturated rings. The van der Waals surface area contributed by atoms with E-state index in [-0.39, 0.29) is 5.91 Å². The lowest BCUT2D eigenvalue weighted by atomic mass is 10.1. The Kier molecular flexibility index (Phi) is 4.08. The van der Waals surface area contributed by atoms with Gasteiger partial charge in [-0.3, -0.25) is 9.78 Å². The average molecular weight is 272 g/mol. The summed E-state index contributed by atoms with van der Waals surface area (Å²) in [6, 6.07) is 7.63. The number of nitrogens with two attached hydrogens (primary N) is 1. The first-order valence-electron chi connectivity index (χ1n) is 6.58. The first-order valence-corrected chi connectivity index (χ1v) is 6.58. The van der Waals surface area contributed by atoms with E-state index in [9.17, 15) is 4.79 Å². The van der Waals surface area contributed by atoms with Crippen LogP contribution in [0.3, 0.4) is 0 Å². The van der Waals surface area contributed by atoms with Gasteiger partial charge in [0.2, 0.25) is 5.91 Å². The van der Waals surface area contributed by atoms with Crippen LogP contribution in [0.1, 0.15) is 12.1 Å². The van der Waals surface area contributed by atoms with Crippen LogP contribution in [0.2, 0.25) is 0 Å². The summed E-state index contributed by atoms with van der Waals surface area (Å²) in [5, 5.41) is 4.28. The minimum atomic E-state index is 0.104. The van der Waals surface area contributed by atoms with Crippen molar-refractivity contribution in [3.8, 4) is 0 Å². The van der Waals surface area contributed by atoms with E-state index in [0.717, 1.165) is 22.3 Å². The number of aryl methyl sites for hydroxylation is 1. The number of nitrogen functional groups attached to an aromatic ring is 1. The molecule has 0 bridgehead atoms. The molecule has 20 heavy (non-hydrogen) atoms. The molecule has 106 valence electrons. The fourth-order valence-corrected chi connectivity index (χ4v) is 2.05. The molecule has 2 aromatic rings. The zero-order chi connectivity index (χ0) is 14.7. The van der Waals surface area contributed by atoms with Crippen LogP contribution in [-0.2, 0) is 4.79 Å². The van der Waals surface area contributed by atoms with Crippen molar-refractivity contribution >= 4 is 28.2 Å². The Morgan fingerprint density at radius 3 is 2.80 bits per heavy atom. The normalized spacial score (nSPS) is 10.6. The van der Waals surface area contributed by atoms with Gasteiger partial charge >= 0.3 is 0 Å². The van der Waals surface area contributed by atoms with E-state index in [4.69, 9.17) is 5.73 Å². The first-order chi connectivity index (χ1) is 9.47. The second-order valence-corrected chi connectivity index (χ2v) is 5.05. The molecule has 0 unspecified atom stereocenters. The van der Waals surface area contributed by atoms with Crippen LogP contribution in [0.25, 0.3) is 10.9 Å². The second kappa shape index (κ2) is 5.77. The zero-order valence-electron chi connectivity index (χ0n) is 12.1. The van der Waals surface area contributed by atoms with Crippen molar-refractivity contribution in [2.45, 2.75) is 13.3 Å². The fourth-order valence-electron chi connectivity index (χ4n) is 2.05. The minimum Gasteiger partial charge on any atom is -0.399 e. The predicted molar refractivity (Wildman–Crippen MR) is 82.7 cm³/mol. The molecule has 1 aromatic carbocycles. The number of pyridine rings is 1. The molecule has 5 heteroatoms. The van der Waals surface area contributed by atoms with E-state index in [1.54, 1.807) is 19.0 Å². The van der Waals surface area contributed by atoms with Gasteiger partial charge in [0, 0.05) is 49.5 Å². The first kappa shape index (κ1) is 14.1. The third-order valence-corrected chi connectivity index (χ3v) is 3.11. The van der Waals surface area contributed by atoms with Gasteiger partial charge in [-0.2, -0.15) is 0 Å². The van der Waals surface area contributed by atoms with E-state index in [1.165, 1.54) is 0 Å². The molecule has 2 rings (SSSR count). The van der Waals surface area contributed by atoms with Gasteiger partial charge in [0.25, 0.3) is 0 Å². The number of amides is 1. The molecular formula is C15H20N4O. The number of anilines is 2. The second-order valence-electron chi connectivity index (χ2n) is 5.05. The highest BCUT2D eigenvalue weighted by atomic mass is 16.2. The van der Waals surface area contributed by atoms with Crippen LogP contribution in [-0.4, -0.2) is 36.4 Å². The van der Waals surface area contributed by atoms with Crippen molar-refractivity contribution in [3.05, 3.63) is 30.0 Å². The van der Waals surface area contributed by atoms with Crippen LogP contribution >= 0.6 is 0 Å². The van der Waals surface area contributed by atoms with Gasteiger partial charge in [-0.15, -0.1) is 0 Å². The maximum absolute atomic E-state index is 11.6. The Balaban J connectivity index is 2.20. The minimum absolute atomic E-state index is 0.104. The largest absolute Gasteiger partial charge is 0.399 e. The van der Waals surface area contributed by atoms with Gasteiger partial charge in [0.05, 0.1) is 5.52 Å². The summed E-state index contributed by atoms with van der Waals surface area (Å²) in [5.41, 5.74) is 9.34. The number of hydrogen-bond acceptors (Lipinski definition) is 4. The topological polar surface area (TPSA) is 71.2 Å². The highest BCUT2D eigenvalue weighted by molar-refractivity contribution is 5.93. The lowest BCUT2D eigenvalue weighted by molar-refractivity contribution is -0.128. The summed E-state index contributed by atoms with van der Waals surface area (Å²) in [4.78, 5) is 17.6. The van der Waals surface area contributed by atoms with Crippen LogP contribution in [0.15, 0.2) is 24.3 Å². The summed E-state index contributed by atoms with van der Waals surface area (Å²) in [7, 11) is 3.52. The Morgan fingerprint density at radius 2 is 2.10 bits per heavy atom. The summed E-state index contributed by atoms with van der Waals surface area (Å²) in [5.74, 6) is 0.104. The van der Waals surface area contributed by atoms with E-state index < -0.39 is 0 Å². The number of hydrogen-bond donors (Lipinski definition) is 2. The van der Waals surface area contributed by atoms with Gasteiger partial charge in [0.1, 0.15) is 0 Å². The van der Waals surface area contributed by atoms with Crippen molar-refractivity contribution in [2.75, 3.05) is 31.7 Å². The highest BCUT2D eigenvalue weighted by Gasteiger charge is 2.06. The van der Waals surface area contributed by atoms with Crippen LogP contribution in [0, 0.1) is 6.92 Å². The monoisotopic (exact) mass is 272 g/mol. The number of carbonyl (C=O) groups excluding carboxylic acids is 1. The van der Waals surface area contributed by atoms with Gasteiger partial charge in [0.15, 0.2) is 0 Å². The third-order valence-electron chi connectivity index (χ3n) is 3.11. The molecule has 0 atom stereocenters. The molecule has 0 saturated carbocycles.